The molecule has 38 heavy (non-hydrogen) atoms. The fourth-order valence-corrected chi connectivity index (χ4v) is 5.36. The number of benzene rings is 2. The summed E-state index contributed by atoms with van der Waals surface area (Å²) in [4.78, 5) is 40.9. The summed E-state index contributed by atoms with van der Waals surface area (Å²) in [5, 5.41) is 2.38. The Balaban J connectivity index is 1.45. The van der Waals surface area contributed by atoms with E-state index in [1.54, 1.807) is 11.9 Å². The number of nitrogens with zero attached hydrogens (tertiary/aromatic N) is 5. The highest BCUT2D eigenvalue weighted by Crippen LogP contribution is 2.32. The molecule has 1 atom stereocenters. The number of hydrogen-bond donors (Lipinski definition) is 0. The van der Waals surface area contributed by atoms with Gasteiger partial charge in [-0.25, -0.2) is 0 Å². The van der Waals surface area contributed by atoms with Gasteiger partial charge in [-0.15, -0.1) is 0 Å². The molecular formula is C30H35N5O3. The van der Waals surface area contributed by atoms with Crippen LogP contribution in [-0.2, 0) is 17.8 Å². The Morgan fingerprint density at radius 2 is 1.97 bits per heavy atom. The first-order chi connectivity index (χ1) is 18.4. The Morgan fingerprint density at radius 1 is 1.16 bits per heavy atom. The van der Waals surface area contributed by atoms with Gasteiger partial charge in [-0.2, -0.15) is 9.97 Å². The van der Waals surface area contributed by atoms with Crippen molar-refractivity contribution in [1.82, 2.24) is 19.8 Å². The molecule has 2 aromatic carbocycles. The summed E-state index contributed by atoms with van der Waals surface area (Å²) < 4.78 is 6.10. The number of ether oxygens (including phenoxy) is 1. The zero-order chi connectivity index (χ0) is 26.6. The average Bonchev–Trinajstić information content (AvgIpc) is 3.37. The second kappa shape index (κ2) is 11.3. The second-order valence-corrected chi connectivity index (χ2v) is 10.2. The molecule has 8 nitrogen and oxygen atoms in total. The molecule has 0 saturated carbocycles. The number of aromatic nitrogens is 2. The number of carbonyl (C=O) groups is 2. The van der Waals surface area contributed by atoms with E-state index in [9.17, 15) is 9.59 Å². The van der Waals surface area contributed by atoms with Crippen molar-refractivity contribution in [2.45, 2.75) is 38.3 Å². The minimum absolute atomic E-state index is 0.0928. The highest BCUT2D eigenvalue weighted by Gasteiger charge is 2.29. The molecule has 5 rings (SSSR count). The molecule has 1 amide bonds. The molecule has 0 N–H and O–H groups in total. The summed E-state index contributed by atoms with van der Waals surface area (Å²) in [5.41, 5.74) is 3.19. The number of fused-ring (bicyclic) bond motifs is 2. The van der Waals surface area contributed by atoms with E-state index in [4.69, 9.17) is 9.72 Å². The minimum atomic E-state index is -0.220. The number of likely N-dealkylation sites (tertiary alicyclic amines) is 1. The van der Waals surface area contributed by atoms with Crippen LogP contribution in [0.1, 0.15) is 41.0 Å². The van der Waals surface area contributed by atoms with Gasteiger partial charge in [0.05, 0.1) is 12.2 Å². The normalized spacial score (nSPS) is 17.3. The summed E-state index contributed by atoms with van der Waals surface area (Å²) in [5.74, 6) is -0.313. The van der Waals surface area contributed by atoms with Crippen molar-refractivity contribution >= 4 is 28.2 Å². The number of amides is 1. The highest BCUT2D eigenvalue weighted by molar-refractivity contribution is 5.96. The minimum Gasteiger partial charge on any atom is -0.462 e. The number of rotatable bonds is 9. The molecule has 3 heterocycles. The van der Waals surface area contributed by atoms with Crippen LogP contribution in [0, 0.1) is 0 Å². The maximum Gasteiger partial charge on any atom is 0.317 e. The largest absolute Gasteiger partial charge is 0.462 e. The van der Waals surface area contributed by atoms with Crippen LogP contribution in [0.25, 0.3) is 10.8 Å². The molecule has 1 fully saturated rings. The van der Waals surface area contributed by atoms with Crippen molar-refractivity contribution in [1.29, 1.82) is 0 Å². The molecule has 0 radical (unpaired) electrons. The SMILES string of the molecule is C=CC(=O)CCN(C)C(=O)c1nc(OC[C@@H]2CCCN2C)nc2c1CCN(c1cccc3ccccc13)C2. The topological polar surface area (TPSA) is 78.9 Å². The first-order valence-electron chi connectivity index (χ1n) is 13.3. The van der Waals surface area contributed by atoms with E-state index >= 15 is 0 Å². The lowest BCUT2D eigenvalue weighted by atomic mass is 10.00. The van der Waals surface area contributed by atoms with Gasteiger partial charge in [0.25, 0.3) is 5.91 Å². The number of allylic oxidation sites excluding steroid dienone is 1. The number of hydrogen-bond acceptors (Lipinski definition) is 7. The number of likely N-dealkylation sites (N-methyl/N-ethyl adjacent to an activating group) is 1. The standard InChI is InChI=1S/C30H35N5O3/c1-4-23(36)14-17-34(3)29(37)28-25-15-18-35(27-13-7-10-21-9-5-6-12-24(21)27)19-26(25)31-30(32-28)38-20-22-11-8-16-33(22)2/h4-7,9-10,12-13,22H,1,8,11,14-20H2,2-3H3/t22-/m0/s1. The van der Waals surface area contributed by atoms with Gasteiger partial charge in [0, 0.05) is 49.2 Å². The second-order valence-electron chi connectivity index (χ2n) is 10.2. The molecular weight excluding hydrogens is 478 g/mol. The predicted octanol–water partition coefficient (Wildman–Crippen LogP) is 3.88. The summed E-state index contributed by atoms with van der Waals surface area (Å²) in [6, 6.07) is 15.3. The van der Waals surface area contributed by atoms with Crippen LogP contribution in [0.4, 0.5) is 5.69 Å². The summed E-state index contributed by atoms with van der Waals surface area (Å²) in [7, 11) is 3.80. The van der Waals surface area contributed by atoms with Crippen molar-refractivity contribution in [2.75, 3.05) is 45.2 Å². The van der Waals surface area contributed by atoms with Gasteiger partial charge in [-0.1, -0.05) is 43.0 Å². The van der Waals surface area contributed by atoms with Gasteiger partial charge in [-0.05, 0) is 50.4 Å². The van der Waals surface area contributed by atoms with Crippen molar-refractivity contribution in [3.05, 3.63) is 72.1 Å². The zero-order valence-electron chi connectivity index (χ0n) is 22.2. The highest BCUT2D eigenvalue weighted by atomic mass is 16.5. The number of anilines is 1. The van der Waals surface area contributed by atoms with Crippen LogP contribution < -0.4 is 9.64 Å². The van der Waals surface area contributed by atoms with E-state index < -0.39 is 0 Å². The molecule has 1 saturated heterocycles. The Hall–Kier alpha value is -3.78. The summed E-state index contributed by atoms with van der Waals surface area (Å²) >= 11 is 0. The van der Waals surface area contributed by atoms with E-state index in [-0.39, 0.29) is 24.1 Å². The number of ketones is 1. The summed E-state index contributed by atoms with van der Waals surface area (Å²) in [6.45, 7) is 6.67. The maximum absolute atomic E-state index is 13.5. The first kappa shape index (κ1) is 25.9. The third-order valence-corrected chi connectivity index (χ3v) is 7.70. The van der Waals surface area contributed by atoms with Gasteiger partial charge < -0.3 is 19.4 Å². The molecule has 3 aromatic rings. The Bertz CT molecular complexity index is 1350. The smallest absolute Gasteiger partial charge is 0.317 e. The molecule has 0 bridgehead atoms. The fraction of sp³-hybridized carbons (Fsp3) is 0.400. The quantitative estimate of drug-likeness (QED) is 0.402. The lowest BCUT2D eigenvalue weighted by Crippen LogP contribution is -2.36. The zero-order valence-corrected chi connectivity index (χ0v) is 22.2. The first-order valence-corrected chi connectivity index (χ1v) is 13.3. The van der Waals surface area contributed by atoms with Crippen LogP contribution in [0.2, 0.25) is 0 Å². The lowest BCUT2D eigenvalue weighted by Gasteiger charge is -2.32. The van der Waals surface area contributed by atoms with Crippen molar-refractivity contribution in [2.24, 2.45) is 0 Å². The van der Waals surface area contributed by atoms with E-state index in [0.29, 0.717) is 37.9 Å². The molecule has 2 aliphatic heterocycles. The lowest BCUT2D eigenvalue weighted by molar-refractivity contribution is -0.114. The molecule has 198 valence electrons. The van der Waals surface area contributed by atoms with Gasteiger partial charge >= 0.3 is 6.01 Å². The average molecular weight is 514 g/mol. The molecule has 2 aliphatic rings. The van der Waals surface area contributed by atoms with Crippen LogP contribution in [-0.4, -0.2) is 77.8 Å². The van der Waals surface area contributed by atoms with Crippen molar-refractivity contribution in [3.63, 3.8) is 0 Å². The van der Waals surface area contributed by atoms with Crippen LogP contribution in [0.15, 0.2) is 55.1 Å². The maximum atomic E-state index is 13.5. The van der Waals surface area contributed by atoms with E-state index in [1.165, 1.54) is 16.8 Å². The fourth-order valence-electron chi connectivity index (χ4n) is 5.36. The molecule has 0 spiro atoms. The van der Waals surface area contributed by atoms with Crippen LogP contribution in [0.3, 0.4) is 0 Å². The summed E-state index contributed by atoms with van der Waals surface area (Å²) in [6.07, 6.45) is 4.38. The van der Waals surface area contributed by atoms with Gasteiger partial charge in [0.2, 0.25) is 0 Å². The van der Waals surface area contributed by atoms with Crippen LogP contribution in [0.5, 0.6) is 6.01 Å². The third kappa shape index (κ3) is 5.41. The third-order valence-electron chi connectivity index (χ3n) is 7.70. The Morgan fingerprint density at radius 3 is 2.76 bits per heavy atom. The monoisotopic (exact) mass is 513 g/mol. The van der Waals surface area contributed by atoms with Gasteiger partial charge in [0.15, 0.2) is 5.78 Å². The van der Waals surface area contributed by atoms with E-state index in [2.05, 4.69) is 64.8 Å². The van der Waals surface area contributed by atoms with Gasteiger partial charge in [-0.3, -0.25) is 9.59 Å². The van der Waals surface area contributed by atoms with E-state index in [1.807, 2.05) is 6.07 Å². The van der Waals surface area contributed by atoms with Crippen molar-refractivity contribution in [3.8, 4) is 6.01 Å². The Kier molecular flexibility index (Phi) is 7.69. The van der Waals surface area contributed by atoms with Gasteiger partial charge in [0.1, 0.15) is 12.3 Å². The molecule has 1 aromatic heterocycles. The molecule has 0 aliphatic carbocycles. The van der Waals surface area contributed by atoms with Crippen LogP contribution >= 0.6 is 0 Å². The molecule has 8 heteroatoms. The predicted molar refractivity (Wildman–Crippen MR) is 149 cm³/mol. The number of carbonyl (C=O) groups excluding carboxylic acids is 2. The van der Waals surface area contributed by atoms with Crippen molar-refractivity contribution < 1.29 is 14.3 Å². The molecule has 0 unspecified atom stereocenters. The van der Waals surface area contributed by atoms with E-state index in [0.717, 1.165) is 42.9 Å². The Labute approximate surface area is 223 Å².